The summed E-state index contributed by atoms with van der Waals surface area (Å²) < 4.78 is 5.32. The zero-order valence-electron chi connectivity index (χ0n) is 10.4. The van der Waals surface area contributed by atoms with E-state index in [1.807, 2.05) is 6.92 Å². The number of rotatable bonds is 3. The van der Waals surface area contributed by atoms with Gasteiger partial charge in [-0.2, -0.15) is 0 Å². The third-order valence-electron chi connectivity index (χ3n) is 3.04. The van der Waals surface area contributed by atoms with E-state index < -0.39 is 5.97 Å². The van der Waals surface area contributed by atoms with Crippen LogP contribution >= 0.6 is 11.6 Å². The number of hydrogen-bond donors (Lipinski definition) is 2. The molecule has 5 nitrogen and oxygen atoms in total. The number of hydrogen-bond acceptors (Lipinski definition) is 3. The Morgan fingerprint density at radius 3 is 2.79 bits per heavy atom. The van der Waals surface area contributed by atoms with Gasteiger partial charge in [-0.3, -0.25) is 4.79 Å². The lowest BCUT2D eigenvalue weighted by Gasteiger charge is -2.12. The first-order chi connectivity index (χ1) is 8.97. The maximum atomic E-state index is 12.0. The van der Waals surface area contributed by atoms with E-state index in [0.29, 0.717) is 18.1 Å². The van der Waals surface area contributed by atoms with Crippen molar-refractivity contribution in [3.63, 3.8) is 0 Å². The van der Waals surface area contributed by atoms with Crippen molar-refractivity contribution in [3.8, 4) is 0 Å². The van der Waals surface area contributed by atoms with Crippen molar-refractivity contribution in [2.75, 3.05) is 11.9 Å². The van der Waals surface area contributed by atoms with Gasteiger partial charge in [0.2, 0.25) is 5.91 Å². The number of halogens is 1. The highest BCUT2D eigenvalue weighted by Gasteiger charge is 2.29. The van der Waals surface area contributed by atoms with Gasteiger partial charge in [-0.25, -0.2) is 4.79 Å². The lowest BCUT2D eigenvalue weighted by Crippen LogP contribution is -2.24. The van der Waals surface area contributed by atoms with Crippen LogP contribution in [0.25, 0.3) is 0 Å². The number of carboxylic acid groups (broad SMARTS) is 1. The summed E-state index contributed by atoms with van der Waals surface area (Å²) in [5, 5.41) is 12.0. The molecule has 2 N–H and O–H groups in total. The molecule has 0 bridgehead atoms. The second-order valence-electron chi connectivity index (χ2n) is 4.56. The van der Waals surface area contributed by atoms with Crippen molar-refractivity contribution in [1.82, 2.24) is 0 Å². The summed E-state index contributed by atoms with van der Waals surface area (Å²) in [6.07, 6.45) is 0.684. The summed E-state index contributed by atoms with van der Waals surface area (Å²) >= 11 is 5.82. The Hall–Kier alpha value is -1.59. The Labute approximate surface area is 115 Å². The summed E-state index contributed by atoms with van der Waals surface area (Å²) in [5.74, 6) is -1.60. The van der Waals surface area contributed by atoms with Crippen molar-refractivity contribution in [2.24, 2.45) is 5.92 Å². The number of carbonyl (C=O) groups excluding carboxylic acids is 1. The van der Waals surface area contributed by atoms with Crippen LogP contribution in [0.3, 0.4) is 0 Å². The molecule has 1 aliphatic rings. The molecule has 1 aromatic carbocycles. The van der Waals surface area contributed by atoms with Gasteiger partial charge < -0.3 is 15.2 Å². The molecule has 0 radical (unpaired) electrons. The largest absolute Gasteiger partial charge is 0.478 e. The third kappa shape index (κ3) is 3.24. The zero-order valence-corrected chi connectivity index (χ0v) is 11.1. The van der Waals surface area contributed by atoms with E-state index in [1.54, 1.807) is 0 Å². The predicted octanol–water partition coefficient (Wildman–Crippen LogP) is 2.40. The monoisotopic (exact) mass is 283 g/mol. The van der Waals surface area contributed by atoms with Crippen LogP contribution in [0.1, 0.15) is 23.7 Å². The SMILES string of the molecule is CC1CC(C(=O)Nc2cc(Cl)ccc2C(=O)O)CO1. The number of ether oxygens (including phenoxy) is 1. The molecule has 0 aliphatic carbocycles. The van der Waals surface area contributed by atoms with Crippen LogP contribution in [-0.2, 0) is 9.53 Å². The van der Waals surface area contributed by atoms with Crippen LogP contribution in [0, 0.1) is 5.92 Å². The molecule has 102 valence electrons. The minimum Gasteiger partial charge on any atom is -0.478 e. The predicted molar refractivity (Wildman–Crippen MR) is 70.6 cm³/mol. The summed E-state index contributed by atoms with van der Waals surface area (Å²) in [6, 6.07) is 4.28. The van der Waals surface area contributed by atoms with Crippen LogP contribution in [-0.4, -0.2) is 29.7 Å². The highest BCUT2D eigenvalue weighted by molar-refractivity contribution is 6.31. The van der Waals surface area contributed by atoms with Crippen molar-refractivity contribution >= 4 is 29.2 Å². The third-order valence-corrected chi connectivity index (χ3v) is 3.27. The number of carbonyl (C=O) groups is 2. The van der Waals surface area contributed by atoms with Crippen LogP contribution in [0.5, 0.6) is 0 Å². The Bertz CT molecular complexity index is 517. The Morgan fingerprint density at radius 2 is 2.21 bits per heavy atom. The fourth-order valence-corrected chi connectivity index (χ4v) is 2.21. The van der Waals surface area contributed by atoms with Gasteiger partial charge in [0.25, 0.3) is 0 Å². The second-order valence-corrected chi connectivity index (χ2v) is 5.00. The molecule has 1 aromatic rings. The number of benzene rings is 1. The zero-order chi connectivity index (χ0) is 14.0. The molecule has 2 unspecified atom stereocenters. The van der Waals surface area contributed by atoms with Gasteiger partial charge in [0.1, 0.15) is 0 Å². The smallest absolute Gasteiger partial charge is 0.337 e. The van der Waals surface area contributed by atoms with E-state index in [4.69, 9.17) is 21.4 Å². The fourth-order valence-electron chi connectivity index (χ4n) is 2.04. The van der Waals surface area contributed by atoms with Gasteiger partial charge >= 0.3 is 5.97 Å². The Kier molecular flexibility index (Phi) is 4.07. The van der Waals surface area contributed by atoms with E-state index in [0.717, 1.165) is 0 Å². The van der Waals surface area contributed by atoms with Gasteiger partial charge in [-0.15, -0.1) is 0 Å². The Balaban J connectivity index is 2.16. The average molecular weight is 284 g/mol. The number of anilines is 1. The molecule has 2 atom stereocenters. The van der Waals surface area contributed by atoms with E-state index in [2.05, 4.69) is 5.32 Å². The first-order valence-corrected chi connectivity index (χ1v) is 6.30. The van der Waals surface area contributed by atoms with E-state index in [9.17, 15) is 9.59 Å². The standard InChI is InChI=1S/C13H14ClNO4/c1-7-4-8(6-19-7)12(16)15-11-5-9(14)2-3-10(11)13(17)18/h2-3,5,7-8H,4,6H2,1H3,(H,15,16)(H,17,18). The number of nitrogens with one attached hydrogen (secondary N) is 1. The second kappa shape index (κ2) is 5.59. The molecule has 1 amide bonds. The van der Waals surface area contributed by atoms with Gasteiger partial charge in [0, 0.05) is 5.02 Å². The van der Waals surface area contributed by atoms with Gasteiger partial charge in [0.15, 0.2) is 0 Å². The van der Waals surface area contributed by atoms with Crippen molar-refractivity contribution < 1.29 is 19.4 Å². The molecule has 0 aromatic heterocycles. The first kappa shape index (κ1) is 13.8. The summed E-state index contributed by atoms with van der Waals surface area (Å²) in [6.45, 7) is 2.26. The molecule has 19 heavy (non-hydrogen) atoms. The number of amides is 1. The van der Waals surface area contributed by atoms with Gasteiger partial charge in [-0.05, 0) is 31.5 Å². The highest BCUT2D eigenvalue weighted by Crippen LogP contribution is 2.24. The van der Waals surface area contributed by atoms with Crippen LogP contribution in [0.4, 0.5) is 5.69 Å². The Morgan fingerprint density at radius 1 is 1.47 bits per heavy atom. The maximum Gasteiger partial charge on any atom is 0.337 e. The minimum atomic E-state index is -1.11. The summed E-state index contributed by atoms with van der Waals surface area (Å²) in [4.78, 5) is 23.1. The van der Waals surface area contributed by atoms with Gasteiger partial charge in [0.05, 0.1) is 29.9 Å². The lowest BCUT2D eigenvalue weighted by molar-refractivity contribution is -0.119. The molecule has 1 heterocycles. The number of aromatic carboxylic acids is 1. The first-order valence-electron chi connectivity index (χ1n) is 5.92. The molecule has 0 saturated carbocycles. The molecule has 6 heteroatoms. The molecule has 0 spiro atoms. The lowest BCUT2D eigenvalue weighted by atomic mass is 10.0. The van der Waals surface area contributed by atoms with E-state index in [-0.39, 0.29) is 29.2 Å². The van der Waals surface area contributed by atoms with E-state index >= 15 is 0 Å². The molecular formula is C13H14ClNO4. The summed E-state index contributed by atoms with van der Waals surface area (Å²) in [7, 11) is 0. The summed E-state index contributed by atoms with van der Waals surface area (Å²) in [5.41, 5.74) is 0.231. The average Bonchev–Trinajstić information content (AvgIpc) is 2.75. The van der Waals surface area contributed by atoms with Crippen molar-refractivity contribution in [2.45, 2.75) is 19.4 Å². The molecule has 2 rings (SSSR count). The van der Waals surface area contributed by atoms with Crippen LogP contribution in [0.15, 0.2) is 18.2 Å². The number of carboxylic acids is 1. The van der Waals surface area contributed by atoms with Crippen molar-refractivity contribution in [3.05, 3.63) is 28.8 Å². The maximum absolute atomic E-state index is 12.0. The molecule has 1 aliphatic heterocycles. The topological polar surface area (TPSA) is 75.6 Å². The minimum absolute atomic E-state index is 0.0183. The fraction of sp³-hybridized carbons (Fsp3) is 0.385. The quantitative estimate of drug-likeness (QED) is 0.893. The van der Waals surface area contributed by atoms with Gasteiger partial charge in [-0.1, -0.05) is 11.6 Å². The van der Waals surface area contributed by atoms with Crippen LogP contribution < -0.4 is 5.32 Å². The van der Waals surface area contributed by atoms with Crippen LogP contribution in [0.2, 0.25) is 5.02 Å². The van der Waals surface area contributed by atoms with E-state index in [1.165, 1.54) is 18.2 Å². The molecule has 1 fully saturated rings. The highest BCUT2D eigenvalue weighted by atomic mass is 35.5. The normalized spacial score (nSPS) is 22.2. The van der Waals surface area contributed by atoms with Crippen molar-refractivity contribution in [1.29, 1.82) is 0 Å². The molecular weight excluding hydrogens is 270 g/mol. The molecule has 1 saturated heterocycles.